The van der Waals surface area contributed by atoms with Crippen LogP contribution in [0.3, 0.4) is 0 Å². The van der Waals surface area contributed by atoms with E-state index in [1.54, 1.807) is 0 Å². The van der Waals surface area contributed by atoms with E-state index in [9.17, 15) is 31.1 Å². The molecule has 34 heavy (non-hydrogen) atoms. The van der Waals surface area contributed by atoms with E-state index in [1.165, 1.54) is 48.1 Å². The van der Waals surface area contributed by atoms with Crippen LogP contribution in [-0.2, 0) is 0 Å². The summed E-state index contributed by atoms with van der Waals surface area (Å²) in [6.07, 6.45) is -6.56. The highest BCUT2D eigenvalue weighted by atomic mass is 79.9. The number of nitrogens with one attached hydrogen (secondary N) is 2. The molecular weight excluding hydrogens is 534 g/mol. The highest BCUT2D eigenvalue weighted by Crippen LogP contribution is 2.41. The van der Waals surface area contributed by atoms with Crippen LogP contribution < -0.4 is 15.4 Å². The third-order valence-electron chi connectivity index (χ3n) is 4.35. The Bertz CT molecular complexity index is 1260. The minimum atomic E-state index is -4.98. The summed E-state index contributed by atoms with van der Waals surface area (Å²) < 4.78 is 82.9. The highest BCUT2D eigenvalue weighted by Gasteiger charge is 2.40. The fourth-order valence-electron chi connectivity index (χ4n) is 2.91. The number of nitrogens with zero attached hydrogens (tertiary/aromatic N) is 2. The van der Waals surface area contributed by atoms with E-state index in [4.69, 9.17) is 0 Å². The van der Waals surface area contributed by atoms with Crippen LogP contribution in [0.25, 0.3) is 5.65 Å². The molecule has 0 fully saturated rings. The van der Waals surface area contributed by atoms with Crippen LogP contribution in [0.4, 0.5) is 32.0 Å². The molecule has 0 aliphatic rings. The number of carbonyl (C=O) groups excluding carboxylic acids is 1. The van der Waals surface area contributed by atoms with Gasteiger partial charge in [-0.25, -0.2) is 4.98 Å². The number of rotatable bonds is 5. The van der Waals surface area contributed by atoms with Crippen molar-refractivity contribution in [3.05, 3.63) is 59.5 Å². The molecule has 0 radical (unpaired) electrons. The van der Waals surface area contributed by atoms with Crippen molar-refractivity contribution >= 4 is 33.2 Å². The second-order valence-corrected chi connectivity index (χ2v) is 7.63. The minimum Gasteiger partial charge on any atom is -0.404 e. The van der Waals surface area contributed by atoms with Gasteiger partial charge in [0.1, 0.15) is 16.2 Å². The number of aromatic nitrogens is 2. The summed E-state index contributed by atoms with van der Waals surface area (Å²) in [5.41, 5.74) is 0.0282. The third-order valence-corrected chi connectivity index (χ3v) is 5.37. The zero-order valence-corrected chi connectivity index (χ0v) is 18.8. The van der Waals surface area contributed by atoms with Gasteiger partial charge in [-0.3, -0.25) is 4.79 Å². The van der Waals surface area contributed by atoms with Crippen molar-refractivity contribution in [1.29, 1.82) is 0 Å². The molecule has 1 atom stereocenters. The van der Waals surface area contributed by atoms with Crippen LogP contribution in [-0.4, -0.2) is 41.4 Å². The molecule has 0 aliphatic carbocycles. The monoisotopic (exact) mass is 548 g/mol. The molecule has 0 saturated carbocycles. The molecule has 2 N–H and O–H groups in total. The Hall–Kier alpha value is -3.40. The molecule has 1 aromatic carbocycles. The summed E-state index contributed by atoms with van der Waals surface area (Å²) >= 11 is 2.63. The van der Waals surface area contributed by atoms with Crippen molar-refractivity contribution in [2.24, 2.45) is 0 Å². The Morgan fingerprint density at radius 2 is 1.97 bits per heavy atom. The number of pyridine rings is 1. The number of hydrogen-bond acceptors (Lipinski definition) is 4. The fraction of sp³-hybridized carbons (Fsp3) is 0.238. The number of amides is 1. The molecule has 0 bridgehead atoms. The van der Waals surface area contributed by atoms with Crippen LogP contribution in [0.1, 0.15) is 26.4 Å². The quantitative estimate of drug-likeness (QED) is 0.266. The van der Waals surface area contributed by atoms with Crippen LogP contribution >= 0.6 is 15.9 Å². The Balaban J connectivity index is 1.80. The van der Waals surface area contributed by atoms with Gasteiger partial charge in [-0.2, -0.15) is 13.2 Å². The highest BCUT2D eigenvalue weighted by molar-refractivity contribution is 9.09. The molecule has 180 valence electrons. The lowest BCUT2D eigenvalue weighted by atomic mass is 10.1. The smallest absolute Gasteiger partial charge is 0.404 e. The second kappa shape index (κ2) is 9.84. The SMILES string of the molecule is CNC(=O)c1ccc(NCC#Cc2cn3cccc(C(Br)C(F)(F)F)c3n2)c(OC(F)(F)F)c1. The maximum absolute atomic E-state index is 13.1. The fourth-order valence-corrected chi connectivity index (χ4v) is 3.26. The molecule has 3 rings (SSSR count). The molecule has 1 unspecified atom stereocenters. The first-order valence-corrected chi connectivity index (χ1v) is 10.3. The molecule has 2 heterocycles. The topological polar surface area (TPSA) is 67.7 Å². The summed E-state index contributed by atoms with van der Waals surface area (Å²) in [7, 11) is 1.33. The molecule has 2 aromatic heterocycles. The number of imidazole rings is 1. The van der Waals surface area contributed by atoms with E-state index in [0.717, 1.165) is 6.07 Å². The maximum Gasteiger partial charge on any atom is 0.573 e. The molecule has 0 saturated heterocycles. The van der Waals surface area contributed by atoms with Crippen LogP contribution in [0.15, 0.2) is 42.7 Å². The zero-order valence-electron chi connectivity index (χ0n) is 17.2. The normalized spacial score (nSPS) is 12.6. The van der Waals surface area contributed by atoms with Crippen molar-refractivity contribution in [2.75, 3.05) is 18.9 Å². The van der Waals surface area contributed by atoms with Crippen molar-refractivity contribution in [1.82, 2.24) is 14.7 Å². The van der Waals surface area contributed by atoms with Gasteiger partial charge in [0.05, 0.1) is 12.2 Å². The van der Waals surface area contributed by atoms with Gasteiger partial charge in [-0.1, -0.05) is 27.9 Å². The van der Waals surface area contributed by atoms with Gasteiger partial charge in [-0.05, 0) is 30.2 Å². The van der Waals surface area contributed by atoms with E-state index >= 15 is 0 Å². The van der Waals surface area contributed by atoms with Gasteiger partial charge in [0.25, 0.3) is 5.91 Å². The van der Waals surface area contributed by atoms with E-state index < -0.39 is 29.0 Å². The first-order valence-electron chi connectivity index (χ1n) is 9.42. The molecular formula is C21H15BrF6N4O2. The van der Waals surface area contributed by atoms with Gasteiger partial charge < -0.3 is 19.8 Å². The number of fused-ring (bicyclic) bond motifs is 1. The van der Waals surface area contributed by atoms with Gasteiger partial charge in [0, 0.05) is 30.6 Å². The second-order valence-electron chi connectivity index (χ2n) is 6.72. The number of alkyl halides is 7. The molecule has 6 nitrogen and oxygen atoms in total. The number of carbonyl (C=O) groups is 1. The number of benzene rings is 1. The van der Waals surface area contributed by atoms with Crippen LogP contribution in [0, 0.1) is 11.8 Å². The molecule has 0 spiro atoms. The van der Waals surface area contributed by atoms with E-state index in [1.807, 2.05) is 0 Å². The lowest BCUT2D eigenvalue weighted by Crippen LogP contribution is -2.21. The van der Waals surface area contributed by atoms with E-state index in [0.29, 0.717) is 0 Å². The summed E-state index contributed by atoms with van der Waals surface area (Å²) in [6.45, 7) is -0.141. The first kappa shape index (κ1) is 25.2. The average molecular weight is 549 g/mol. The Labute approximate surface area is 197 Å². The number of hydrogen-bond donors (Lipinski definition) is 2. The number of halogens is 7. The first-order chi connectivity index (χ1) is 15.9. The number of ether oxygens (including phenoxy) is 1. The minimum absolute atomic E-state index is 0.0390. The van der Waals surface area contributed by atoms with Crippen LogP contribution in [0.5, 0.6) is 5.75 Å². The summed E-state index contributed by atoms with van der Waals surface area (Å²) in [5.74, 6) is 4.07. The van der Waals surface area contributed by atoms with Crippen molar-refractivity contribution in [3.63, 3.8) is 0 Å². The van der Waals surface area contributed by atoms with Crippen molar-refractivity contribution in [3.8, 4) is 17.6 Å². The lowest BCUT2D eigenvalue weighted by Gasteiger charge is -2.14. The van der Waals surface area contributed by atoms with Crippen LogP contribution in [0.2, 0.25) is 0 Å². The summed E-state index contributed by atoms with van der Waals surface area (Å²) in [6, 6.07) is 6.20. The standard InChI is InChI=1S/C21H15BrF6N4O2/c1-29-19(33)12-6-7-15(16(10-12)34-21(26,27)28)30-8-2-4-13-11-32-9-3-5-14(18(32)31-13)17(22)20(23,24)25/h3,5-7,9-11,17,30H,8H2,1H3,(H,29,33). The predicted molar refractivity (Wildman–Crippen MR) is 115 cm³/mol. The molecule has 1 amide bonds. The summed E-state index contributed by atoms with van der Waals surface area (Å²) in [5, 5.41) is 4.95. The average Bonchev–Trinajstić information content (AvgIpc) is 3.17. The Morgan fingerprint density at radius 3 is 2.62 bits per heavy atom. The zero-order chi connectivity index (χ0) is 25.1. The van der Waals surface area contributed by atoms with Gasteiger partial charge >= 0.3 is 12.5 Å². The van der Waals surface area contributed by atoms with Gasteiger partial charge in [-0.15, -0.1) is 13.2 Å². The van der Waals surface area contributed by atoms with Gasteiger partial charge in [0.15, 0.2) is 5.75 Å². The summed E-state index contributed by atoms with van der Waals surface area (Å²) in [4.78, 5) is 13.9. The molecule has 13 heteroatoms. The Kier molecular flexibility index (Phi) is 7.30. The molecule has 3 aromatic rings. The predicted octanol–water partition coefficient (Wildman–Crippen LogP) is 5.05. The van der Waals surface area contributed by atoms with E-state index in [2.05, 4.69) is 48.1 Å². The largest absolute Gasteiger partial charge is 0.573 e. The van der Waals surface area contributed by atoms with E-state index in [-0.39, 0.29) is 34.7 Å². The maximum atomic E-state index is 13.1. The lowest BCUT2D eigenvalue weighted by molar-refractivity contribution is -0.274. The van der Waals surface area contributed by atoms with Crippen molar-refractivity contribution < 1.29 is 35.9 Å². The Morgan fingerprint density at radius 1 is 1.24 bits per heavy atom. The van der Waals surface area contributed by atoms with Crippen molar-refractivity contribution in [2.45, 2.75) is 17.4 Å². The third kappa shape index (κ3) is 6.13. The number of anilines is 1. The van der Waals surface area contributed by atoms with Gasteiger partial charge in [0.2, 0.25) is 0 Å². The molecule has 0 aliphatic heterocycles.